The first-order valence-corrected chi connectivity index (χ1v) is 6.31. The second-order valence-electron chi connectivity index (χ2n) is 4.38. The van der Waals surface area contributed by atoms with Crippen LogP contribution in [0.1, 0.15) is 21.6 Å². The van der Waals surface area contributed by atoms with E-state index in [9.17, 15) is 9.59 Å². The van der Waals surface area contributed by atoms with Crippen LogP contribution in [0.4, 0.5) is 5.69 Å². The highest BCUT2D eigenvalue weighted by Gasteiger charge is 2.10. The summed E-state index contributed by atoms with van der Waals surface area (Å²) in [6.45, 7) is 1.55. The number of pyridine rings is 1. The van der Waals surface area contributed by atoms with Gasteiger partial charge in [0.25, 0.3) is 11.5 Å². The van der Waals surface area contributed by atoms with Crippen molar-refractivity contribution in [3.63, 3.8) is 0 Å². The van der Waals surface area contributed by atoms with E-state index < -0.39 is 11.5 Å². The van der Waals surface area contributed by atoms with E-state index in [0.717, 1.165) is 5.56 Å². The molecule has 0 bridgehead atoms. The van der Waals surface area contributed by atoms with Gasteiger partial charge < -0.3 is 15.4 Å². The van der Waals surface area contributed by atoms with Crippen molar-refractivity contribution in [2.24, 2.45) is 0 Å². The van der Waals surface area contributed by atoms with Crippen molar-refractivity contribution in [1.29, 1.82) is 0 Å². The fourth-order valence-corrected chi connectivity index (χ4v) is 1.73. The number of carbonyl (C=O) groups excluding carboxylic acids is 1. The molecule has 0 aliphatic carbocycles. The van der Waals surface area contributed by atoms with E-state index in [1.54, 1.807) is 37.3 Å². The molecule has 21 heavy (non-hydrogen) atoms. The number of aromatic nitrogens is 1. The average molecular weight is 282 g/mol. The molecular formula is C16H14N2O3. The van der Waals surface area contributed by atoms with Gasteiger partial charge in [-0.2, -0.15) is 0 Å². The zero-order valence-electron chi connectivity index (χ0n) is 11.4. The molecule has 0 radical (unpaired) electrons. The van der Waals surface area contributed by atoms with Crippen molar-refractivity contribution in [3.8, 4) is 11.8 Å². The van der Waals surface area contributed by atoms with Gasteiger partial charge in [-0.3, -0.25) is 9.59 Å². The van der Waals surface area contributed by atoms with Crippen LogP contribution >= 0.6 is 0 Å². The molecule has 3 N–H and O–H groups in total. The lowest BCUT2D eigenvalue weighted by Crippen LogP contribution is -2.23. The van der Waals surface area contributed by atoms with Crippen molar-refractivity contribution < 1.29 is 9.90 Å². The molecule has 0 spiro atoms. The molecular weight excluding hydrogens is 268 g/mol. The summed E-state index contributed by atoms with van der Waals surface area (Å²) < 4.78 is 0. The summed E-state index contributed by atoms with van der Waals surface area (Å²) in [4.78, 5) is 26.3. The number of aliphatic hydroxyl groups is 1. The van der Waals surface area contributed by atoms with Crippen molar-refractivity contribution in [2.45, 2.75) is 6.92 Å². The Morgan fingerprint density at radius 3 is 2.57 bits per heavy atom. The third kappa shape index (κ3) is 3.81. The quantitative estimate of drug-likeness (QED) is 0.726. The Morgan fingerprint density at radius 2 is 1.95 bits per heavy atom. The number of benzene rings is 1. The summed E-state index contributed by atoms with van der Waals surface area (Å²) in [5.41, 5.74) is 1.63. The van der Waals surface area contributed by atoms with Gasteiger partial charge in [-0.05, 0) is 43.3 Å². The van der Waals surface area contributed by atoms with Crippen LogP contribution in [0.2, 0.25) is 0 Å². The van der Waals surface area contributed by atoms with Crippen LogP contribution in [0.3, 0.4) is 0 Å². The number of aryl methyl sites for hydroxylation is 1. The number of hydrogen-bond donors (Lipinski definition) is 3. The van der Waals surface area contributed by atoms with Crippen LogP contribution in [0.25, 0.3) is 0 Å². The Balaban J connectivity index is 2.14. The van der Waals surface area contributed by atoms with Crippen LogP contribution in [0.5, 0.6) is 0 Å². The van der Waals surface area contributed by atoms with Crippen molar-refractivity contribution >= 4 is 11.6 Å². The molecule has 5 heteroatoms. The zero-order valence-corrected chi connectivity index (χ0v) is 11.4. The Hall–Kier alpha value is -2.84. The molecule has 0 aliphatic rings. The lowest BCUT2D eigenvalue weighted by molar-refractivity contribution is 0.102. The Kier molecular flexibility index (Phi) is 4.54. The number of H-pyrrole nitrogens is 1. The molecule has 2 aromatic rings. The third-order valence-corrected chi connectivity index (χ3v) is 2.75. The number of carbonyl (C=O) groups is 1. The second kappa shape index (κ2) is 6.55. The lowest BCUT2D eigenvalue weighted by atomic mass is 10.2. The number of aliphatic hydroxyl groups excluding tert-OH is 1. The second-order valence-corrected chi connectivity index (χ2v) is 4.38. The minimum absolute atomic E-state index is 0.0600. The number of nitrogens with one attached hydrogen (secondary N) is 2. The predicted molar refractivity (Wildman–Crippen MR) is 80.2 cm³/mol. The topological polar surface area (TPSA) is 82.2 Å². The van der Waals surface area contributed by atoms with E-state index in [4.69, 9.17) is 5.11 Å². The van der Waals surface area contributed by atoms with Gasteiger partial charge in [0.05, 0.1) is 0 Å². The largest absolute Gasteiger partial charge is 0.384 e. The SMILES string of the molecule is Cc1ccc(C(=O)Nc2ccc(C#CCO)cc2)c(=O)[nH]1. The Morgan fingerprint density at radius 1 is 1.24 bits per heavy atom. The molecule has 1 aromatic heterocycles. The Labute approximate surface area is 121 Å². The van der Waals surface area contributed by atoms with Gasteiger partial charge in [-0.25, -0.2) is 0 Å². The van der Waals surface area contributed by atoms with Gasteiger partial charge in [0.1, 0.15) is 12.2 Å². The molecule has 1 amide bonds. The van der Waals surface area contributed by atoms with Crippen LogP contribution in [-0.4, -0.2) is 22.6 Å². The first-order chi connectivity index (χ1) is 10.1. The first-order valence-electron chi connectivity index (χ1n) is 6.31. The monoisotopic (exact) mass is 282 g/mol. The number of aromatic amines is 1. The normalized spacial score (nSPS) is 9.62. The minimum Gasteiger partial charge on any atom is -0.384 e. The maximum Gasteiger partial charge on any atom is 0.261 e. The highest BCUT2D eigenvalue weighted by molar-refractivity contribution is 6.03. The van der Waals surface area contributed by atoms with Crippen LogP contribution in [-0.2, 0) is 0 Å². The minimum atomic E-state index is -0.467. The first kappa shape index (κ1) is 14.6. The molecule has 0 saturated heterocycles. The number of hydrogen-bond acceptors (Lipinski definition) is 3. The van der Waals surface area contributed by atoms with E-state index in [2.05, 4.69) is 22.1 Å². The predicted octanol–water partition coefficient (Wildman–Crippen LogP) is 1.28. The summed E-state index contributed by atoms with van der Waals surface area (Å²) in [7, 11) is 0. The van der Waals surface area contributed by atoms with E-state index in [-0.39, 0.29) is 12.2 Å². The van der Waals surface area contributed by atoms with Gasteiger partial charge in [0, 0.05) is 16.9 Å². The van der Waals surface area contributed by atoms with Gasteiger partial charge in [-0.1, -0.05) is 11.8 Å². The number of rotatable bonds is 2. The number of amides is 1. The average Bonchev–Trinajstić information content (AvgIpc) is 2.46. The molecule has 106 valence electrons. The van der Waals surface area contributed by atoms with Crippen LogP contribution < -0.4 is 10.9 Å². The maximum atomic E-state index is 12.0. The van der Waals surface area contributed by atoms with Crippen molar-refractivity contribution in [2.75, 3.05) is 11.9 Å². The lowest BCUT2D eigenvalue weighted by Gasteiger charge is -2.05. The summed E-state index contributed by atoms with van der Waals surface area (Å²) in [5, 5.41) is 11.3. The van der Waals surface area contributed by atoms with Gasteiger partial charge in [0.2, 0.25) is 0 Å². The highest BCUT2D eigenvalue weighted by Crippen LogP contribution is 2.10. The number of anilines is 1. The fourth-order valence-electron chi connectivity index (χ4n) is 1.73. The van der Waals surface area contributed by atoms with E-state index in [0.29, 0.717) is 11.4 Å². The van der Waals surface area contributed by atoms with Gasteiger partial charge in [0.15, 0.2) is 0 Å². The molecule has 0 atom stereocenters. The van der Waals surface area contributed by atoms with Gasteiger partial charge in [-0.15, -0.1) is 0 Å². The van der Waals surface area contributed by atoms with Crippen molar-refractivity contribution in [3.05, 3.63) is 63.6 Å². The molecule has 1 aromatic carbocycles. The summed E-state index contributed by atoms with van der Waals surface area (Å²) in [6.07, 6.45) is 0. The van der Waals surface area contributed by atoms with E-state index >= 15 is 0 Å². The fraction of sp³-hybridized carbons (Fsp3) is 0.125. The molecule has 0 unspecified atom stereocenters. The van der Waals surface area contributed by atoms with E-state index in [1.165, 1.54) is 6.07 Å². The standard InChI is InChI=1S/C16H14N2O3/c1-11-4-9-14(15(20)17-11)16(21)18-13-7-5-12(6-8-13)3-2-10-19/h4-9,19H,10H2,1H3,(H,17,20)(H,18,21). The van der Waals surface area contributed by atoms with E-state index in [1.807, 2.05) is 0 Å². The zero-order chi connectivity index (χ0) is 15.2. The smallest absolute Gasteiger partial charge is 0.261 e. The maximum absolute atomic E-state index is 12.0. The molecule has 1 heterocycles. The summed E-state index contributed by atoms with van der Waals surface area (Å²) >= 11 is 0. The summed E-state index contributed by atoms with van der Waals surface area (Å²) in [5.74, 6) is 4.82. The molecule has 0 fully saturated rings. The molecule has 2 rings (SSSR count). The third-order valence-electron chi connectivity index (χ3n) is 2.75. The molecule has 5 nitrogen and oxygen atoms in total. The molecule has 0 aliphatic heterocycles. The highest BCUT2D eigenvalue weighted by atomic mass is 16.2. The van der Waals surface area contributed by atoms with Gasteiger partial charge >= 0.3 is 0 Å². The van der Waals surface area contributed by atoms with Crippen LogP contribution in [0.15, 0.2) is 41.2 Å². The van der Waals surface area contributed by atoms with Crippen LogP contribution in [0, 0.1) is 18.8 Å². The Bertz CT molecular complexity index is 765. The summed E-state index contributed by atoms with van der Waals surface area (Å²) in [6, 6.07) is 9.97. The van der Waals surface area contributed by atoms with Crippen molar-refractivity contribution in [1.82, 2.24) is 4.98 Å². The molecule has 0 saturated carbocycles.